The fourth-order valence-electron chi connectivity index (χ4n) is 3.18. The van der Waals surface area contributed by atoms with Gasteiger partial charge in [0.15, 0.2) is 0 Å². The molecule has 0 aromatic heterocycles. The maximum absolute atomic E-state index is 12.3. The molecule has 1 aromatic carbocycles. The molecule has 10 heteroatoms. The zero-order chi connectivity index (χ0) is 19.6. The molecule has 1 aromatic rings. The van der Waals surface area contributed by atoms with E-state index in [4.69, 9.17) is 5.11 Å². The number of anilines is 2. The summed E-state index contributed by atoms with van der Waals surface area (Å²) in [4.78, 5) is 38.1. The Morgan fingerprint density at radius 3 is 2.63 bits per heavy atom. The van der Waals surface area contributed by atoms with Crippen molar-refractivity contribution in [2.75, 3.05) is 49.5 Å². The van der Waals surface area contributed by atoms with E-state index in [0.717, 1.165) is 18.0 Å². The lowest BCUT2D eigenvalue weighted by molar-refractivity contribution is -0.384. The number of carbonyl (C=O) groups excluding carboxylic acids is 2. The lowest BCUT2D eigenvalue weighted by atomic mass is 10.1. The highest BCUT2D eigenvalue weighted by molar-refractivity contribution is 6.17. The predicted molar refractivity (Wildman–Crippen MR) is 98.4 cm³/mol. The van der Waals surface area contributed by atoms with Crippen LogP contribution in [-0.2, 0) is 9.59 Å². The van der Waals surface area contributed by atoms with Gasteiger partial charge in [-0.2, -0.15) is 0 Å². The highest BCUT2D eigenvalue weighted by Gasteiger charge is 2.31. The lowest BCUT2D eigenvalue weighted by Gasteiger charge is -2.29. The second kappa shape index (κ2) is 7.72. The average molecular weight is 375 g/mol. The van der Waals surface area contributed by atoms with Gasteiger partial charge in [0.05, 0.1) is 18.1 Å². The third kappa shape index (κ3) is 3.76. The third-order valence-corrected chi connectivity index (χ3v) is 4.58. The van der Waals surface area contributed by atoms with Crippen LogP contribution in [0.3, 0.4) is 0 Å². The first-order valence-corrected chi connectivity index (χ1v) is 8.62. The minimum atomic E-state index is -0.532. The number of hydrogen-bond donors (Lipinski definition) is 3. The number of hydrogen-bond acceptors (Lipinski definition) is 8. The molecule has 0 saturated carbocycles. The number of imide groups is 1. The van der Waals surface area contributed by atoms with Gasteiger partial charge >= 0.3 is 0 Å². The molecule has 2 amide bonds. The molecule has 2 heterocycles. The van der Waals surface area contributed by atoms with Crippen LogP contribution in [0.2, 0.25) is 0 Å². The highest BCUT2D eigenvalue weighted by atomic mass is 16.6. The van der Waals surface area contributed by atoms with Gasteiger partial charge in [0.1, 0.15) is 11.4 Å². The van der Waals surface area contributed by atoms with E-state index in [2.05, 4.69) is 10.6 Å². The van der Waals surface area contributed by atoms with Crippen LogP contribution in [0, 0.1) is 17.0 Å². The van der Waals surface area contributed by atoms with E-state index in [1.165, 1.54) is 12.1 Å². The number of benzene rings is 1. The molecule has 27 heavy (non-hydrogen) atoms. The maximum atomic E-state index is 12.3. The van der Waals surface area contributed by atoms with Gasteiger partial charge in [-0.3, -0.25) is 24.6 Å². The molecule has 3 rings (SSSR count). The topological polar surface area (TPSA) is 128 Å². The number of nitro benzene ring substituents is 1. The van der Waals surface area contributed by atoms with E-state index in [1.807, 2.05) is 4.90 Å². The van der Waals surface area contributed by atoms with Crippen molar-refractivity contribution in [1.82, 2.24) is 10.2 Å². The number of β-amino-alcohol motifs (C(OH)–C–C–N with tert-alkyl or cyclic N) is 1. The van der Waals surface area contributed by atoms with Gasteiger partial charge in [-0.15, -0.1) is 0 Å². The average Bonchev–Trinajstić information content (AvgIpc) is 2.91. The van der Waals surface area contributed by atoms with Gasteiger partial charge in [-0.1, -0.05) is 0 Å². The van der Waals surface area contributed by atoms with Crippen molar-refractivity contribution in [1.29, 1.82) is 0 Å². The van der Waals surface area contributed by atoms with Crippen molar-refractivity contribution >= 4 is 28.9 Å². The summed E-state index contributed by atoms with van der Waals surface area (Å²) >= 11 is 0. The normalized spacial score (nSPS) is 17.3. The smallest absolute Gasteiger partial charge is 0.292 e. The Balaban J connectivity index is 1.92. The number of rotatable bonds is 6. The number of aliphatic hydroxyl groups excluding tert-OH is 1. The molecule has 0 unspecified atom stereocenters. The summed E-state index contributed by atoms with van der Waals surface area (Å²) in [6.07, 6.45) is 1.17. The van der Waals surface area contributed by atoms with E-state index >= 15 is 0 Å². The quantitative estimate of drug-likeness (QED) is 0.359. The Labute approximate surface area is 155 Å². The standard InChI is InChI=1S/C17H21N5O5/c1-11-8-15(22(26)27)14(20-4-2-18-3-5-20)9-12(11)19-13-10-16(24)21(6-7-23)17(13)25/h8-10,18-19,23H,2-7H2,1H3. The number of piperazine rings is 1. The summed E-state index contributed by atoms with van der Waals surface area (Å²) in [5, 5.41) is 26.6. The van der Waals surface area contributed by atoms with Crippen LogP contribution in [0.25, 0.3) is 0 Å². The molecule has 1 fully saturated rings. The molecule has 0 aliphatic carbocycles. The van der Waals surface area contributed by atoms with Crippen molar-refractivity contribution in [3.8, 4) is 0 Å². The van der Waals surface area contributed by atoms with Crippen LogP contribution in [0.1, 0.15) is 5.56 Å². The Hall–Kier alpha value is -2.98. The van der Waals surface area contributed by atoms with Gasteiger partial charge in [-0.25, -0.2) is 0 Å². The van der Waals surface area contributed by atoms with Gasteiger partial charge in [0.25, 0.3) is 17.5 Å². The van der Waals surface area contributed by atoms with Crippen LogP contribution in [0.5, 0.6) is 0 Å². The zero-order valence-corrected chi connectivity index (χ0v) is 14.9. The fraction of sp³-hybridized carbons (Fsp3) is 0.412. The first kappa shape index (κ1) is 18.8. The molecule has 1 saturated heterocycles. The van der Waals surface area contributed by atoms with Crippen molar-refractivity contribution < 1.29 is 19.6 Å². The van der Waals surface area contributed by atoms with E-state index in [-0.39, 0.29) is 24.5 Å². The molecule has 144 valence electrons. The summed E-state index contributed by atoms with van der Waals surface area (Å²) in [6, 6.07) is 3.11. The molecule has 0 radical (unpaired) electrons. The van der Waals surface area contributed by atoms with Crippen LogP contribution in [0.4, 0.5) is 17.1 Å². The second-order valence-electron chi connectivity index (χ2n) is 6.35. The summed E-state index contributed by atoms with van der Waals surface area (Å²) in [7, 11) is 0. The second-order valence-corrected chi connectivity index (χ2v) is 6.35. The number of nitrogens with zero attached hydrogens (tertiary/aromatic N) is 3. The number of amides is 2. The summed E-state index contributed by atoms with van der Waals surface area (Å²) in [6.45, 7) is 4.02. The maximum Gasteiger partial charge on any atom is 0.292 e. The molecule has 2 aliphatic rings. The molecule has 2 aliphatic heterocycles. The molecule has 0 bridgehead atoms. The minimum Gasteiger partial charge on any atom is -0.395 e. The van der Waals surface area contributed by atoms with Gasteiger partial charge in [0, 0.05) is 44.0 Å². The van der Waals surface area contributed by atoms with Crippen LogP contribution in [0.15, 0.2) is 23.9 Å². The predicted octanol–water partition coefficient (Wildman–Crippen LogP) is -0.0303. The fourth-order valence-corrected chi connectivity index (χ4v) is 3.18. The van der Waals surface area contributed by atoms with Crippen molar-refractivity contribution in [3.63, 3.8) is 0 Å². The van der Waals surface area contributed by atoms with Gasteiger partial charge < -0.3 is 20.6 Å². The molecule has 0 spiro atoms. The van der Waals surface area contributed by atoms with Crippen LogP contribution < -0.4 is 15.5 Å². The molecular formula is C17H21N5O5. The van der Waals surface area contributed by atoms with E-state index in [1.54, 1.807) is 13.0 Å². The number of aryl methyl sites for hydroxylation is 1. The summed E-state index contributed by atoms with van der Waals surface area (Å²) in [5.74, 6) is -1.03. The third-order valence-electron chi connectivity index (χ3n) is 4.58. The molecule has 3 N–H and O–H groups in total. The van der Waals surface area contributed by atoms with E-state index < -0.39 is 16.7 Å². The number of nitro groups is 1. The zero-order valence-electron chi connectivity index (χ0n) is 14.9. The summed E-state index contributed by atoms with van der Waals surface area (Å²) in [5.41, 5.74) is 1.66. The Morgan fingerprint density at radius 2 is 2.00 bits per heavy atom. The Kier molecular flexibility index (Phi) is 5.38. The lowest BCUT2D eigenvalue weighted by Crippen LogP contribution is -2.43. The highest BCUT2D eigenvalue weighted by Crippen LogP contribution is 2.35. The minimum absolute atomic E-state index is 0.00432. The molecule has 10 nitrogen and oxygen atoms in total. The Morgan fingerprint density at radius 1 is 1.30 bits per heavy atom. The first-order valence-electron chi connectivity index (χ1n) is 8.62. The molecular weight excluding hydrogens is 354 g/mol. The van der Waals surface area contributed by atoms with Crippen molar-refractivity contribution in [3.05, 3.63) is 39.6 Å². The number of aliphatic hydroxyl groups is 1. The van der Waals surface area contributed by atoms with E-state index in [0.29, 0.717) is 30.0 Å². The SMILES string of the molecule is Cc1cc([N+](=O)[O-])c(N2CCNCC2)cc1NC1=CC(=O)N(CCO)C1=O. The largest absolute Gasteiger partial charge is 0.395 e. The van der Waals surface area contributed by atoms with Crippen molar-refractivity contribution in [2.45, 2.75) is 6.92 Å². The van der Waals surface area contributed by atoms with Gasteiger partial charge in [0.2, 0.25) is 0 Å². The number of nitrogens with one attached hydrogen (secondary N) is 2. The van der Waals surface area contributed by atoms with Gasteiger partial charge in [-0.05, 0) is 18.6 Å². The number of carbonyl (C=O) groups is 2. The monoisotopic (exact) mass is 375 g/mol. The van der Waals surface area contributed by atoms with Crippen molar-refractivity contribution in [2.24, 2.45) is 0 Å². The first-order chi connectivity index (χ1) is 12.9. The molecule has 0 atom stereocenters. The Bertz CT molecular complexity index is 816. The van der Waals surface area contributed by atoms with Crippen LogP contribution >= 0.6 is 0 Å². The summed E-state index contributed by atoms with van der Waals surface area (Å²) < 4.78 is 0. The van der Waals surface area contributed by atoms with E-state index in [9.17, 15) is 19.7 Å². The van der Waals surface area contributed by atoms with Crippen LogP contribution in [-0.4, -0.2) is 66.1 Å².